The Kier molecular flexibility index (Phi) is 5.79. The molecule has 2 aromatic rings. The summed E-state index contributed by atoms with van der Waals surface area (Å²) in [6.07, 6.45) is -0.385. The first kappa shape index (κ1) is 16.9. The monoisotopic (exact) mass is 347 g/mol. The Hall–Kier alpha value is -1.96. The van der Waals surface area contributed by atoms with E-state index in [2.05, 4.69) is 9.88 Å². The van der Waals surface area contributed by atoms with Crippen LogP contribution >= 0.6 is 11.3 Å². The second-order valence-electron chi connectivity index (χ2n) is 5.66. The fourth-order valence-corrected chi connectivity index (χ4v) is 3.25. The molecule has 1 amide bonds. The first-order valence-electron chi connectivity index (χ1n) is 7.92. The number of ether oxygens (including phenoxy) is 2. The van der Waals surface area contributed by atoms with Crippen molar-refractivity contribution in [1.82, 2.24) is 14.8 Å². The van der Waals surface area contributed by atoms with Crippen LogP contribution < -0.4 is 4.74 Å². The number of benzene rings is 1. The van der Waals surface area contributed by atoms with Crippen molar-refractivity contribution in [2.24, 2.45) is 0 Å². The summed E-state index contributed by atoms with van der Waals surface area (Å²) in [4.78, 5) is 20.6. The van der Waals surface area contributed by atoms with Gasteiger partial charge in [0.1, 0.15) is 10.8 Å². The number of carbonyl (C=O) groups excluding carboxylic acids is 1. The lowest BCUT2D eigenvalue weighted by Crippen LogP contribution is -2.35. The number of hydrogen-bond acceptors (Lipinski definition) is 6. The molecule has 0 saturated carbocycles. The minimum atomic E-state index is -0.385. The molecule has 0 atom stereocenters. The third-order valence-electron chi connectivity index (χ3n) is 3.72. The highest BCUT2D eigenvalue weighted by molar-refractivity contribution is 7.09. The summed E-state index contributed by atoms with van der Waals surface area (Å²) < 4.78 is 10.7. The number of nitrogens with zero attached hydrogens (tertiary/aromatic N) is 3. The van der Waals surface area contributed by atoms with Crippen molar-refractivity contribution in [2.45, 2.75) is 13.1 Å². The molecule has 0 spiro atoms. The molecule has 6 nitrogen and oxygen atoms in total. The number of amides is 1. The number of thiazole rings is 1. The lowest BCUT2D eigenvalue weighted by molar-refractivity contribution is 0.0341. The van der Waals surface area contributed by atoms with Crippen molar-refractivity contribution in [3.63, 3.8) is 0 Å². The van der Waals surface area contributed by atoms with E-state index in [1.807, 2.05) is 23.6 Å². The van der Waals surface area contributed by atoms with Crippen molar-refractivity contribution in [3.8, 4) is 5.75 Å². The van der Waals surface area contributed by atoms with Crippen molar-refractivity contribution < 1.29 is 14.3 Å². The van der Waals surface area contributed by atoms with Gasteiger partial charge in [-0.05, 0) is 12.1 Å². The maximum absolute atomic E-state index is 12.1. The lowest BCUT2D eigenvalue weighted by atomic mass is 10.3. The largest absolute Gasteiger partial charge is 0.415 e. The Bertz CT molecular complexity index is 656. The third-order valence-corrected chi connectivity index (χ3v) is 4.60. The van der Waals surface area contributed by atoms with E-state index in [-0.39, 0.29) is 6.09 Å². The van der Waals surface area contributed by atoms with Crippen LogP contribution in [-0.4, -0.2) is 54.2 Å². The van der Waals surface area contributed by atoms with Gasteiger partial charge < -0.3 is 14.4 Å². The summed E-state index contributed by atoms with van der Waals surface area (Å²) in [5, 5.41) is 3.07. The molecule has 1 aromatic carbocycles. The standard InChI is InChI=1S/C17H21N3O3S/c1-19(17(21)23-15-5-3-2-4-6-15)11-14-13-24-16(18-14)12-20-7-9-22-10-8-20/h2-6,13H,7-12H2,1H3. The van der Waals surface area contributed by atoms with Crippen LogP contribution in [0.3, 0.4) is 0 Å². The van der Waals surface area contributed by atoms with Crippen LogP contribution in [0.25, 0.3) is 0 Å². The molecule has 128 valence electrons. The van der Waals surface area contributed by atoms with Gasteiger partial charge in [0.15, 0.2) is 0 Å². The molecule has 1 aliphatic heterocycles. The molecule has 0 unspecified atom stereocenters. The maximum Gasteiger partial charge on any atom is 0.415 e. The number of hydrogen-bond donors (Lipinski definition) is 0. The minimum Gasteiger partial charge on any atom is -0.410 e. The van der Waals surface area contributed by atoms with E-state index in [4.69, 9.17) is 9.47 Å². The van der Waals surface area contributed by atoms with E-state index < -0.39 is 0 Å². The Labute approximate surface area is 145 Å². The van der Waals surface area contributed by atoms with Crippen LogP contribution in [0.2, 0.25) is 0 Å². The van der Waals surface area contributed by atoms with Crippen LogP contribution in [0.15, 0.2) is 35.7 Å². The van der Waals surface area contributed by atoms with Gasteiger partial charge in [-0.3, -0.25) is 4.90 Å². The lowest BCUT2D eigenvalue weighted by Gasteiger charge is -2.25. The van der Waals surface area contributed by atoms with Crippen LogP contribution in [0.1, 0.15) is 10.7 Å². The van der Waals surface area contributed by atoms with E-state index in [0.29, 0.717) is 12.3 Å². The fraction of sp³-hybridized carbons (Fsp3) is 0.412. The van der Waals surface area contributed by atoms with Gasteiger partial charge in [-0.25, -0.2) is 9.78 Å². The Morgan fingerprint density at radius 3 is 2.83 bits per heavy atom. The normalized spacial score (nSPS) is 15.2. The van der Waals surface area contributed by atoms with E-state index >= 15 is 0 Å². The first-order valence-corrected chi connectivity index (χ1v) is 8.80. The zero-order valence-corrected chi connectivity index (χ0v) is 14.5. The highest BCUT2D eigenvalue weighted by Crippen LogP contribution is 2.16. The molecule has 0 radical (unpaired) electrons. The molecule has 1 aromatic heterocycles. The Morgan fingerprint density at radius 2 is 2.08 bits per heavy atom. The summed E-state index contributed by atoms with van der Waals surface area (Å²) >= 11 is 1.63. The Morgan fingerprint density at radius 1 is 1.33 bits per heavy atom. The first-order chi connectivity index (χ1) is 11.7. The molecular formula is C17H21N3O3S. The van der Waals surface area contributed by atoms with E-state index in [9.17, 15) is 4.79 Å². The fourth-order valence-electron chi connectivity index (χ4n) is 2.42. The zero-order valence-electron chi connectivity index (χ0n) is 13.7. The molecule has 2 heterocycles. The maximum atomic E-state index is 12.1. The summed E-state index contributed by atoms with van der Waals surface area (Å²) in [5.41, 5.74) is 0.885. The minimum absolute atomic E-state index is 0.385. The summed E-state index contributed by atoms with van der Waals surface area (Å²) in [5.74, 6) is 0.542. The van der Waals surface area contributed by atoms with Gasteiger partial charge in [-0.15, -0.1) is 11.3 Å². The van der Waals surface area contributed by atoms with E-state index in [1.54, 1.807) is 30.5 Å². The molecule has 1 aliphatic rings. The van der Waals surface area contributed by atoms with Crippen molar-refractivity contribution in [2.75, 3.05) is 33.4 Å². The molecule has 3 rings (SSSR count). The van der Waals surface area contributed by atoms with Gasteiger partial charge in [0.2, 0.25) is 0 Å². The average molecular weight is 347 g/mol. The molecule has 0 bridgehead atoms. The van der Waals surface area contributed by atoms with Crippen LogP contribution in [0, 0.1) is 0 Å². The van der Waals surface area contributed by atoms with Gasteiger partial charge in [-0.1, -0.05) is 18.2 Å². The van der Waals surface area contributed by atoms with Crippen LogP contribution in [0.4, 0.5) is 4.79 Å². The topological polar surface area (TPSA) is 54.9 Å². The zero-order chi connectivity index (χ0) is 16.8. The summed E-state index contributed by atoms with van der Waals surface area (Å²) in [7, 11) is 1.71. The molecule has 1 saturated heterocycles. The predicted molar refractivity (Wildman–Crippen MR) is 92.1 cm³/mol. The second kappa shape index (κ2) is 8.23. The number of carbonyl (C=O) groups is 1. The quantitative estimate of drug-likeness (QED) is 0.832. The van der Waals surface area contributed by atoms with E-state index in [1.165, 1.54) is 4.90 Å². The van der Waals surface area contributed by atoms with Crippen molar-refractivity contribution in [1.29, 1.82) is 0 Å². The number of morpholine rings is 1. The van der Waals surface area contributed by atoms with Crippen molar-refractivity contribution in [3.05, 3.63) is 46.4 Å². The van der Waals surface area contributed by atoms with Crippen molar-refractivity contribution >= 4 is 17.4 Å². The molecule has 0 N–H and O–H groups in total. The summed E-state index contributed by atoms with van der Waals surface area (Å²) in [6.45, 7) is 4.73. The Balaban J connectivity index is 1.50. The van der Waals surface area contributed by atoms with Gasteiger partial charge >= 0.3 is 6.09 Å². The van der Waals surface area contributed by atoms with Gasteiger partial charge in [-0.2, -0.15) is 0 Å². The van der Waals surface area contributed by atoms with Gasteiger partial charge in [0.05, 0.1) is 32.0 Å². The van der Waals surface area contributed by atoms with Gasteiger partial charge in [0, 0.05) is 25.5 Å². The number of rotatable bonds is 5. The predicted octanol–water partition coefficient (Wildman–Crippen LogP) is 2.61. The smallest absolute Gasteiger partial charge is 0.410 e. The molecule has 24 heavy (non-hydrogen) atoms. The third kappa shape index (κ3) is 4.77. The number of para-hydroxylation sites is 1. The van der Waals surface area contributed by atoms with Crippen LogP contribution in [-0.2, 0) is 17.8 Å². The molecule has 0 aliphatic carbocycles. The average Bonchev–Trinajstić information content (AvgIpc) is 3.03. The molecule has 7 heteroatoms. The highest BCUT2D eigenvalue weighted by atomic mass is 32.1. The second-order valence-corrected chi connectivity index (χ2v) is 6.60. The number of aromatic nitrogens is 1. The summed E-state index contributed by atoms with van der Waals surface area (Å²) in [6, 6.07) is 9.07. The highest BCUT2D eigenvalue weighted by Gasteiger charge is 2.15. The van der Waals surface area contributed by atoms with Gasteiger partial charge in [0.25, 0.3) is 0 Å². The SMILES string of the molecule is CN(Cc1csc(CN2CCOCC2)n1)C(=O)Oc1ccccc1. The van der Waals surface area contributed by atoms with E-state index in [0.717, 1.165) is 43.5 Å². The molecule has 1 fully saturated rings. The van der Waals surface area contributed by atoms with Crippen LogP contribution in [0.5, 0.6) is 5.75 Å². The molecular weight excluding hydrogens is 326 g/mol.